The van der Waals surface area contributed by atoms with Gasteiger partial charge in [0.15, 0.2) is 6.10 Å². The second-order valence-corrected chi connectivity index (χ2v) is 5.66. The number of amides is 1. The van der Waals surface area contributed by atoms with Gasteiger partial charge in [0.2, 0.25) is 5.88 Å². The lowest BCUT2D eigenvalue weighted by Gasteiger charge is -2.15. The molecule has 1 atom stereocenters. The van der Waals surface area contributed by atoms with Crippen LogP contribution in [0.3, 0.4) is 0 Å². The number of hydrogen-bond donors (Lipinski definition) is 1. The predicted molar refractivity (Wildman–Crippen MR) is 94.9 cm³/mol. The van der Waals surface area contributed by atoms with Crippen molar-refractivity contribution in [1.29, 1.82) is 0 Å². The Balaban J connectivity index is 1.75. The summed E-state index contributed by atoms with van der Waals surface area (Å²) in [5.74, 6) is -1.40. The maximum Gasteiger partial charge on any atom is 0.271 e. The third kappa shape index (κ3) is 4.55. The first-order chi connectivity index (χ1) is 12.9. The van der Waals surface area contributed by atoms with Crippen molar-refractivity contribution < 1.29 is 18.3 Å². The number of nitrogens with one attached hydrogen (secondary N) is 1. The molecule has 0 fully saturated rings. The van der Waals surface area contributed by atoms with E-state index >= 15 is 0 Å². The van der Waals surface area contributed by atoms with Crippen LogP contribution in [-0.4, -0.2) is 21.8 Å². The first kappa shape index (κ1) is 18.2. The standard InChI is InChI=1S/C19H15F2N3O3/c1-12(19(26)22-15-4-2-3-14(21)11-15)27-17-9-10-18(25)24(23-17)16-7-5-13(20)6-8-16/h2-12H,1H3,(H,22,26)/t12-/m0/s1. The molecule has 1 amide bonds. The number of hydrogen-bond acceptors (Lipinski definition) is 4. The lowest BCUT2D eigenvalue weighted by atomic mass is 10.3. The van der Waals surface area contributed by atoms with Gasteiger partial charge >= 0.3 is 0 Å². The van der Waals surface area contributed by atoms with Crippen molar-refractivity contribution in [3.05, 3.63) is 82.7 Å². The Morgan fingerprint density at radius 3 is 2.52 bits per heavy atom. The fraction of sp³-hybridized carbons (Fsp3) is 0.105. The SMILES string of the molecule is C[C@H](Oc1ccc(=O)n(-c2ccc(F)cc2)n1)C(=O)Nc1cccc(F)c1. The molecule has 1 heterocycles. The molecule has 0 bridgehead atoms. The Bertz CT molecular complexity index is 1020. The molecule has 0 radical (unpaired) electrons. The highest BCUT2D eigenvalue weighted by Gasteiger charge is 2.16. The zero-order valence-electron chi connectivity index (χ0n) is 14.2. The number of ether oxygens (including phenoxy) is 1. The second kappa shape index (κ2) is 7.77. The fourth-order valence-electron chi connectivity index (χ4n) is 2.27. The van der Waals surface area contributed by atoms with Crippen molar-refractivity contribution in [3.8, 4) is 11.6 Å². The van der Waals surface area contributed by atoms with Gasteiger partial charge in [-0.2, -0.15) is 4.68 Å². The van der Waals surface area contributed by atoms with Gasteiger partial charge in [0, 0.05) is 17.8 Å². The molecule has 0 aliphatic rings. The van der Waals surface area contributed by atoms with Gasteiger partial charge < -0.3 is 10.1 Å². The normalized spacial score (nSPS) is 11.7. The minimum absolute atomic E-state index is 0.0285. The molecule has 0 saturated carbocycles. The smallest absolute Gasteiger partial charge is 0.271 e. The summed E-state index contributed by atoms with van der Waals surface area (Å²) in [5, 5.41) is 6.56. The molecule has 1 aromatic heterocycles. The van der Waals surface area contributed by atoms with Crippen LogP contribution in [-0.2, 0) is 4.79 Å². The van der Waals surface area contributed by atoms with E-state index in [4.69, 9.17) is 4.74 Å². The van der Waals surface area contributed by atoms with Gasteiger partial charge in [-0.1, -0.05) is 6.07 Å². The Kier molecular flexibility index (Phi) is 5.25. The number of aromatic nitrogens is 2. The minimum Gasteiger partial charge on any atom is -0.463 e. The van der Waals surface area contributed by atoms with Crippen LogP contribution < -0.4 is 15.6 Å². The lowest BCUT2D eigenvalue weighted by Crippen LogP contribution is -2.31. The lowest BCUT2D eigenvalue weighted by molar-refractivity contribution is -0.122. The highest BCUT2D eigenvalue weighted by molar-refractivity contribution is 5.94. The van der Waals surface area contributed by atoms with Gasteiger partial charge in [-0.15, -0.1) is 5.10 Å². The van der Waals surface area contributed by atoms with Crippen LogP contribution in [0.15, 0.2) is 65.5 Å². The van der Waals surface area contributed by atoms with E-state index in [0.29, 0.717) is 11.4 Å². The summed E-state index contributed by atoms with van der Waals surface area (Å²) < 4.78 is 32.7. The molecule has 138 valence electrons. The number of rotatable bonds is 5. The molecule has 6 nitrogen and oxygen atoms in total. The Hall–Kier alpha value is -3.55. The summed E-state index contributed by atoms with van der Waals surface area (Å²) in [7, 11) is 0. The highest BCUT2D eigenvalue weighted by atomic mass is 19.1. The van der Waals surface area contributed by atoms with Crippen molar-refractivity contribution >= 4 is 11.6 Å². The van der Waals surface area contributed by atoms with Crippen molar-refractivity contribution in [2.24, 2.45) is 0 Å². The quantitative estimate of drug-likeness (QED) is 0.749. The minimum atomic E-state index is -0.958. The molecule has 0 aliphatic heterocycles. The molecule has 0 unspecified atom stereocenters. The third-order valence-corrected chi connectivity index (χ3v) is 3.61. The monoisotopic (exact) mass is 371 g/mol. The Labute approximate surface area is 153 Å². The van der Waals surface area contributed by atoms with Crippen molar-refractivity contribution in [1.82, 2.24) is 9.78 Å². The van der Waals surface area contributed by atoms with E-state index in [9.17, 15) is 18.4 Å². The Morgan fingerprint density at radius 2 is 1.81 bits per heavy atom. The molecular weight excluding hydrogens is 356 g/mol. The van der Waals surface area contributed by atoms with Gasteiger partial charge in [0.1, 0.15) is 11.6 Å². The van der Waals surface area contributed by atoms with Crippen molar-refractivity contribution in [3.63, 3.8) is 0 Å². The van der Waals surface area contributed by atoms with E-state index in [1.807, 2.05) is 0 Å². The summed E-state index contributed by atoms with van der Waals surface area (Å²) in [6.45, 7) is 1.49. The molecule has 3 rings (SSSR count). The fourth-order valence-corrected chi connectivity index (χ4v) is 2.27. The first-order valence-electron chi connectivity index (χ1n) is 8.02. The topological polar surface area (TPSA) is 73.2 Å². The van der Waals surface area contributed by atoms with Gasteiger partial charge in [-0.05, 0) is 49.4 Å². The maximum absolute atomic E-state index is 13.2. The summed E-state index contributed by atoms with van der Waals surface area (Å²) >= 11 is 0. The predicted octanol–water partition coefficient (Wildman–Crippen LogP) is 2.92. The van der Waals surface area contributed by atoms with Gasteiger partial charge in [-0.3, -0.25) is 9.59 Å². The van der Waals surface area contributed by atoms with Crippen molar-refractivity contribution in [2.75, 3.05) is 5.32 Å². The molecule has 0 aliphatic carbocycles. The first-order valence-corrected chi connectivity index (χ1v) is 8.02. The number of halogens is 2. The van der Waals surface area contributed by atoms with E-state index in [2.05, 4.69) is 10.4 Å². The average molecular weight is 371 g/mol. The van der Waals surface area contributed by atoms with Crippen LogP contribution in [0.25, 0.3) is 5.69 Å². The summed E-state index contributed by atoms with van der Waals surface area (Å²) in [4.78, 5) is 24.2. The van der Waals surface area contributed by atoms with Gasteiger partial charge in [0.05, 0.1) is 5.69 Å². The van der Waals surface area contributed by atoms with Crippen LogP contribution in [0.5, 0.6) is 5.88 Å². The molecule has 2 aromatic carbocycles. The average Bonchev–Trinajstić information content (AvgIpc) is 2.64. The summed E-state index contributed by atoms with van der Waals surface area (Å²) in [6, 6.07) is 13.2. The third-order valence-electron chi connectivity index (χ3n) is 3.61. The molecule has 0 saturated heterocycles. The zero-order valence-corrected chi connectivity index (χ0v) is 14.2. The van der Waals surface area contributed by atoms with Gasteiger partial charge in [-0.25, -0.2) is 8.78 Å². The van der Waals surface area contributed by atoms with E-state index in [-0.39, 0.29) is 5.88 Å². The number of carbonyl (C=O) groups excluding carboxylic acids is 1. The van der Waals surface area contributed by atoms with Crippen LogP contribution in [0.1, 0.15) is 6.92 Å². The largest absolute Gasteiger partial charge is 0.463 e. The number of carbonyl (C=O) groups is 1. The van der Waals surface area contributed by atoms with E-state index in [0.717, 1.165) is 4.68 Å². The molecule has 27 heavy (non-hydrogen) atoms. The molecule has 3 aromatic rings. The van der Waals surface area contributed by atoms with E-state index in [1.54, 1.807) is 6.07 Å². The summed E-state index contributed by atoms with van der Waals surface area (Å²) in [5.41, 5.74) is 0.203. The number of nitrogens with zero attached hydrogens (tertiary/aromatic N) is 2. The van der Waals surface area contributed by atoms with Crippen molar-refractivity contribution in [2.45, 2.75) is 13.0 Å². The molecule has 0 spiro atoms. The zero-order chi connectivity index (χ0) is 19.4. The van der Waals surface area contributed by atoms with Crippen LogP contribution in [0.2, 0.25) is 0 Å². The second-order valence-electron chi connectivity index (χ2n) is 5.66. The summed E-state index contributed by atoms with van der Waals surface area (Å²) in [6.07, 6.45) is -0.958. The maximum atomic E-state index is 13.2. The highest BCUT2D eigenvalue weighted by Crippen LogP contribution is 2.13. The van der Waals surface area contributed by atoms with Gasteiger partial charge in [0.25, 0.3) is 11.5 Å². The van der Waals surface area contributed by atoms with E-state index in [1.165, 1.54) is 61.5 Å². The van der Waals surface area contributed by atoms with E-state index < -0.39 is 29.2 Å². The number of benzene rings is 2. The van der Waals surface area contributed by atoms with Crippen LogP contribution in [0, 0.1) is 11.6 Å². The van der Waals surface area contributed by atoms with Crippen LogP contribution >= 0.6 is 0 Å². The number of anilines is 1. The van der Waals surface area contributed by atoms with Crippen LogP contribution in [0.4, 0.5) is 14.5 Å². The Morgan fingerprint density at radius 1 is 1.07 bits per heavy atom. The molecular formula is C19H15F2N3O3. The molecule has 1 N–H and O–H groups in total. The molecule has 8 heteroatoms.